The molecule has 0 aliphatic rings. The lowest BCUT2D eigenvalue weighted by Crippen LogP contribution is -1.94. The van der Waals surface area contributed by atoms with Gasteiger partial charge in [0, 0.05) is 70.4 Å². The lowest BCUT2D eigenvalue weighted by molar-refractivity contribution is 0.666. The summed E-state index contributed by atoms with van der Waals surface area (Å²) < 4.78 is 12.2. The highest BCUT2D eigenvalue weighted by molar-refractivity contribution is 7.26. The maximum absolute atomic E-state index is 7.17. The van der Waals surface area contributed by atoms with Gasteiger partial charge < -0.3 is 8.98 Å². The zero-order valence-electron chi connectivity index (χ0n) is 31.6. The first-order valence-corrected chi connectivity index (χ1v) is 20.7. The van der Waals surface area contributed by atoms with Crippen molar-refractivity contribution in [1.29, 1.82) is 0 Å². The highest BCUT2D eigenvalue weighted by atomic mass is 32.1. The highest BCUT2D eigenvalue weighted by Gasteiger charge is 2.23. The van der Waals surface area contributed by atoms with E-state index in [0.717, 1.165) is 88.3 Å². The van der Waals surface area contributed by atoms with Crippen LogP contribution in [0.4, 0.5) is 0 Å². The largest absolute Gasteiger partial charge is 0.454 e. The molecule has 0 amide bonds. The van der Waals surface area contributed by atoms with Gasteiger partial charge in [0.1, 0.15) is 5.58 Å². The van der Waals surface area contributed by atoms with Gasteiger partial charge in [-0.2, -0.15) is 0 Å². The SMILES string of the molecule is c1ccc(-c2cc(-c3ccnc4c3ccc3ncc(-c5ccccc5)cc34)c3c(c2)oc2c(-n4c5ccccc5c5c6sc7ccccc7c6ccc54)cccc23)cc1. The van der Waals surface area contributed by atoms with Gasteiger partial charge in [-0.25, -0.2) is 0 Å². The third-order valence-corrected chi connectivity index (χ3v) is 13.3. The molecule has 13 rings (SSSR count). The minimum Gasteiger partial charge on any atom is -0.454 e. The Balaban J connectivity index is 1.10. The van der Waals surface area contributed by atoms with Crippen LogP contribution in [0.3, 0.4) is 0 Å². The number of hydrogen-bond acceptors (Lipinski definition) is 4. The van der Waals surface area contributed by atoms with Crippen LogP contribution in [0.2, 0.25) is 0 Å². The summed E-state index contributed by atoms with van der Waals surface area (Å²) in [5.74, 6) is 0. The van der Waals surface area contributed by atoms with Crippen LogP contribution >= 0.6 is 11.3 Å². The maximum atomic E-state index is 7.17. The summed E-state index contributed by atoms with van der Waals surface area (Å²) in [5, 5.41) is 9.36. The fourth-order valence-electron chi connectivity index (χ4n) is 9.43. The van der Waals surface area contributed by atoms with Crippen LogP contribution in [-0.4, -0.2) is 14.5 Å². The Bertz CT molecular complexity index is 3840. The molecule has 5 heterocycles. The van der Waals surface area contributed by atoms with E-state index in [4.69, 9.17) is 14.4 Å². The van der Waals surface area contributed by atoms with Gasteiger partial charge in [-0.15, -0.1) is 11.3 Å². The van der Waals surface area contributed by atoms with E-state index >= 15 is 0 Å². The Labute approximate surface area is 341 Å². The average Bonchev–Trinajstić information content (AvgIpc) is 3.98. The Morgan fingerprint density at radius 2 is 1.20 bits per heavy atom. The molecule has 59 heavy (non-hydrogen) atoms. The normalized spacial score (nSPS) is 12.1. The second-order valence-corrected chi connectivity index (χ2v) is 16.3. The van der Waals surface area contributed by atoms with Gasteiger partial charge in [0.15, 0.2) is 5.58 Å². The van der Waals surface area contributed by atoms with Gasteiger partial charge in [0.25, 0.3) is 0 Å². The van der Waals surface area contributed by atoms with Crippen LogP contribution in [0.1, 0.15) is 0 Å². The first-order valence-electron chi connectivity index (χ1n) is 19.9. The molecular weight excluding hydrogens is 739 g/mol. The monoisotopic (exact) mass is 769 g/mol. The highest BCUT2D eigenvalue weighted by Crippen LogP contribution is 2.47. The van der Waals surface area contributed by atoms with Crippen LogP contribution in [0.5, 0.6) is 0 Å². The van der Waals surface area contributed by atoms with E-state index in [1.807, 2.05) is 29.8 Å². The van der Waals surface area contributed by atoms with Crippen molar-refractivity contribution in [1.82, 2.24) is 14.5 Å². The summed E-state index contributed by atoms with van der Waals surface area (Å²) in [4.78, 5) is 9.91. The van der Waals surface area contributed by atoms with Gasteiger partial charge in [0.2, 0.25) is 0 Å². The lowest BCUT2D eigenvalue weighted by atomic mass is 9.92. The summed E-state index contributed by atoms with van der Waals surface area (Å²) >= 11 is 1.88. The molecule has 0 atom stereocenters. The Morgan fingerprint density at radius 3 is 2.07 bits per heavy atom. The standard InChI is InChI=1S/C54H31N3OS/c1-3-12-32(13-4-1)34-28-42(36-26-27-55-52-38(36)22-24-44-43(52)29-35(31-56-44)33-14-5-2-6-15-33)50-41-18-11-20-47(53(41)58-48(50)30-34)57-45-19-9-7-17-40(45)51-46(57)25-23-39-37-16-8-10-21-49(37)59-54(39)51/h1-31H. The van der Waals surface area contributed by atoms with Gasteiger partial charge >= 0.3 is 0 Å². The first kappa shape index (κ1) is 32.5. The second-order valence-electron chi connectivity index (χ2n) is 15.3. The van der Waals surface area contributed by atoms with Crippen molar-refractivity contribution in [2.75, 3.05) is 0 Å². The van der Waals surface area contributed by atoms with E-state index < -0.39 is 0 Å². The molecule has 0 radical (unpaired) electrons. The summed E-state index contributed by atoms with van der Waals surface area (Å²) in [6.07, 6.45) is 3.89. The summed E-state index contributed by atoms with van der Waals surface area (Å²) in [5.41, 5.74) is 13.5. The number of thiophene rings is 1. The van der Waals surface area contributed by atoms with Crippen molar-refractivity contribution in [3.05, 3.63) is 188 Å². The smallest absolute Gasteiger partial charge is 0.159 e. The Morgan fingerprint density at radius 1 is 0.458 bits per heavy atom. The number of hydrogen-bond donors (Lipinski definition) is 0. The molecular formula is C54H31N3OS. The van der Waals surface area contributed by atoms with E-state index in [-0.39, 0.29) is 0 Å². The topological polar surface area (TPSA) is 43.9 Å². The van der Waals surface area contributed by atoms with Gasteiger partial charge in [0.05, 0.1) is 27.8 Å². The molecule has 4 nitrogen and oxygen atoms in total. The molecule has 0 saturated carbocycles. The molecule has 5 aromatic heterocycles. The van der Waals surface area contributed by atoms with Crippen molar-refractivity contribution in [3.63, 3.8) is 0 Å². The zero-order valence-corrected chi connectivity index (χ0v) is 32.4. The predicted octanol–water partition coefficient (Wildman–Crippen LogP) is 15.1. The Kier molecular flexibility index (Phi) is 6.85. The number of benzene rings is 8. The summed E-state index contributed by atoms with van der Waals surface area (Å²) in [7, 11) is 0. The molecule has 0 aliphatic carbocycles. The van der Waals surface area contributed by atoms with Gasteiger partial charge in [-0.3, -0.25) is 9.97 Å². The third kappa shape index (κ3) is 4.77. The molecule has 8 aromatic carbocycles. The minimum atomic E-state index is 0.843. The number of furan rings is 1. The van der Waals surface area contributed by atoms with E-state index in [0.29, 0.717) is 0 Å². The number of rotatable bonds is 4. The van der Waals surface area contributed by atoms with Gasteiger partial charge in [-0.05, 0) is 88.5 Å². The van der Waals surface area contributed by atoms with Crippen molar-refractivity contribution in [2.24, 2.45) is 0 Å². The molecule has 5 heteroatoms. The molecule has 0 bridgehead atoms. The van der Waals surface area contributed by atoms with Crippen molar-refractivity contribution in [2.45, 2.75) is 0 Å². The van der Waals surface area contributed by atoms with Crippen molar-refractivity contribution in [3.8, 4) is 39.1 Å². The fraction of sp³-hybridized carbons (Fsp3) is 0. The zero-order chi connectivity index (χ0) is 38.6. The van der Waals surface area contributed by atoms with Crippen LogP contribution < -0.4 is 0 Å². The molecule has 13 aromatic rings. The summed E-state index contributed by atoms with van der Waals surface area (Å²) in [6, 6.07) is 62.9. The minimum absolute atomic E-state index is 0.843. The number of nitrogens with zero attached hydrogens (tertiary/aromatic N) is 3. The molecule has 0 unspecified atom stereocenters. The van der Waals surface area contributed by atoms with Crippen molar-refractivity contribution >= 4 is 97.1 Å². The van der Waals surface area contributed by atoms with Crippen LogP contribution in [0.15, 0.2) is 193 Å². The molecule has 0 N–H and O–H groups in total. The average molecular weight is 770 g/mol. The molecule has 274 valence electrons. The number of fused-ring (bicyclic) bond motifs is 13. The number of aromatic nitrogens is 3. The van der Waals surface area contributed by atoms with E-state index in [1.54, 1.807) is 0 Å². The number of para-hydroxylation sites is 2. The van der Waals surface area contributed by atoms with Crippen LogP contribution in [0, 0.1) is 0 Å². The third-order valence-electron chi connectivity index (χ3n) is 12.1. The predicted molar refractivity (Wildman–Crippen MR) is 248 cm³/mol. The maximum Gasteiger partial charge on any atom is 0.159 e. The Hall–Kier alpha value is -7.60. The molecule has 0 aliphatic heterocycles. The molecule has 0 spiro atoms. The van der Waals surface area contributed by atoms with Gasteiger partial charge in [-0.1, -0.05) is 115 Å². The quantitative estimate of drug-likeness (QED) is 0.167. The van der Waals surface area contributed by atoms with E-state index in [2.05, 4.69) is 174 Å². The number of pyridine rings is 2. The molecule has 0 saturated heterocycles. The lowest BCUT2D eigenvalue weighted by Gasteiger charge is -2.13. The van der Waals surface area contributed by atoms with Crippen LogP contribution in [-0.2, 0) is 0 Å². The fourth-order valence-corrected chi connectivity index (χ4v) is 10.7. The van der Waals surface area contributed by atoms with Crippen molar-refractivity contribution < 1.29 is 4.42 Å². The second kappa shape index (κ2) is 12.4. The first-order chi connectivity index (χ1) is 29.3. The van der Waals surface area contributed by atoms with Crippen LogP contribution in [0.25, 0.3) is 125 Å². The molecule has 0 fully saturated rings. The van der Waals surface area contributed by atoms with E-state index in [1.165, 1.54) is 36.5 Å². The summed E-state index contributed by atoms with van der Waals surface area (Å²) in [6.45, 7) is 0. The van der Waals surface area contributed by atoms with E-state index in [9.17, 15) is 0 Å².